The molecule has 3 nitrogen and oxygen atoms in total. The number of halogens is 1. The maximum atomic E-state index is 6.19. The molecule has 0 atom stereocenters. The van der Waals surface area contributed by atoms with Gasteiger partial charge in [0.25, 0.3) is 0 Å². The molecule has 0 unspecified atom stereocenters. The van der Waals surface area contributed by atoms with E-state index in [1.807, 2.05) is 30.5 Å². The Morgan fingerprint density at radius 1 is 1.26 bits per heavy atom. The van der Waals surface area contributed by atoms with E-state index in [-0.39, 0.29) is 0 Å². The van der Waals surface area contributed by atoms with Crippen molar-refractivity contribution < 1.29 is 0 Å². The summed E-state index contributed by atoms with van der Waals surface area (Å²) in [4.78, 5) is 7.75. The van der Waals surface area contributed by atoms with E-state index in [0.717, 1.165) is 28.6 Å². The van der Waals surface area contributed by atoms with Gasteiger partial charge in [-0.3, -0.25) is 0 Å². The second kappa shape index (κ2) is 5.76. The summed E-state index contributed by atoms with van der Waals surface area (Å²) in [7, 11) is 0. The van der Waals surface area contributed by atoms with Gasteiger partial charge in [0, 0.05) is 16.6 Å². The maximum absolute atomic E-state index is 6.19. The largest absolute Gasteiger partial charge is 0.341 e. The molecule has 2 aromatic rings. The van der Waals surface area contributed by atoms with Gasteiger partial charge in [0.05, 0.1) is 18.4 Å². The van der Waals surface area contributed by atoms with E-state index in [0.29, 0.717) is 6.04 Å². The molecule has 1 aromatic carbocycles. The average Bonchev–Trinajstić information content (AvgIpc) is 3.08. The van der Waals surface area contributed by atoms with Gasteiger partial charge in [-0.15, -0.1) is 0 Å². The van der Waals surface area contributed by atoms with E-state index in [1.165, 1.54) is 25.7 Å². The summed E-state index contributed by atoms with van der Waals surface area (Å²) in [5, 5.41) is 4.30. The second-order valence-corrected chi connectivity index (χ2v) is 5.49. The Hall–Kier alpha value is -1.32. The molecule has 1 aliphatic rings. The highest BCUT2D eigenvalue weighted by atomic mass is 35.5. The van der Waals surface area contributed by atoms with Crippen LogP contribution in [-0.4, -0.2) is 16.0 Å². The number of nitrogens with one attached hydrogen (secondary N) is 2. The standard InChI is InChI=1S/C15H18ClN3/c16-13-8-4-3-7-12(13)14-9-18-15(19-14)10-17-11-5-1-2-6-11/h3-4,7-9,11,17H,1-2,5-6,10H2,(H,18,19). The number of H-pyrrole nitrogens is 1. The van der Waals surface area contributed by atoms with Crippen LogP contribution in [0.3, 0.4) is 0 Å². The smallest absolute Gasteiger partial charge is 0.120 e. The van der Waals surface area contributed by atoms with E-state index >= 15 is 0 Å². The van der Waals surface area contributed by atoms with Crippen LogP contribution in [0.4, 0.5) is 0 Å². The lowest BCUT2D eigenvalue weighted by Crippen LogP contribution is -2.25. The summed E-state index contributed by atoms with van der Waals surface area (Å²) in [6.45, 7) is 0.801. The number of aromatic nitrogens is 2. The highest BCUT2D eigenvalue weighted by Crippen LogP contribution is 2.26. The number of aromatic amines is 1. The molecule has 0 aliphatic heterocycles. The van der Waals surface area contributed by atoms with Gasteiger partial charge in [0.1, 0.15) is 5.82 Å². The molecule has 4 heteroatoms. The van der Waals surface area contributed by atoms with Crippen molar-refractivity contribution in [2.45, 2.75) is 38.3 Å². The van der Waals surface area contributed by atoms with E-state index in [1.54, 1.807) is 0 Å². The first-order valence-corrected chi connectivity index (χ1v) is 7.23. The molecule has 0 radical (unpaired) electrons. The topological polar surface area (TPSA) is 40.7 Å². The van der Waals surface area contributed by atoms with Gasteiger partial charge in [-0.05, 0) is 18.9 Å². The molecule has 100 valence electrons. The molecule has 1 aromatic heterocycles. The Balaban J connectivity index is 1.67. The van der Waals surface area contributed by atoms with Gasteiger partial charge in [0.15, 0.2) is 0 Å². The third kappa shape index (κ3) is 2.99. The predicted octanol–water partition coefficient (Wildman–Crippen LogP) is 3.76. The summed E-state index contributed by atoms with van der Waals surface area (Å²) in [6, 6.07) is 8.48. The zero-order valence-electron chi connectivity index (χ0n) is 10.8. The van der Waals surface area contributed by atoms with Gasteiger partial charge < -0.3 is 10.3 Å². The molecule has 0 spiro atoms. The summed E-state index contributed by atoms with van der Waals surface area (Å²) in [5.74, 6) is 0.974. The molecule has 2 N–H and O–H groups in total. The Kier molecular flexibility index (Phi) is 3.85. The van der Waals surface area contributed by atoms with Crippen molar-refractivity contribution in [2.75, 3.05) is 0 Å². The van der Waals surface area contributed by atoms with Crippen LogP contribution in [0.1, 0.15) is 31.5 Å². The molecule has 1 heterocycles. The van der Waals surface area contributed by atoms with Crippen molar-refractivity contribution in [1.29, 1.82) is 0 Å². The number of hydrogen-bond donors (Lipinski definition) is 2. The van der Waals surface area contributed by atoms with Crippen LogP contribution in [0.5, 0.6) is 0 Å². The molecule has 3 rings (SSSR count). The molecule has 0 amide bonds. The lowest BCUT2D eigenvalue weighted by atomic mass is 10.2. The van der Waals surface area contributed by atoms with Crippen molar-refractivity contribution >= 4 is 11.6 Å². The number of rotatable bonds is 4. The summed E-state index contributed by atoms with van der Waals surface area (Å²) >= 11 is 6.19. The van der Waals surface area contributed by atoms with Gasteiger partial charge in [-0.2, -0.15) is 0 Å². The van der Waals surface area contributed by atoms with Crippen LogP contribution in [0.2, 0.25) is 5.02 Å². The van der Waals surface area contributed by atoms with E-state index in [2.05, 4.69) is 15.3 Å². The first kappa shape index (κ1) is 12.7. The number of hydrogen-bond acceptors (Lipinski definition) is 2. The van der Waals surface area contributed by atoms with Crippen molar-refractivity contribution in [3.05, 3.63) is 41.3 Å². The molecule has 0 bridgehead atoms. The minimum Gasteiger partial charge on any atom is -0.341 e. The van der Waals surface area contributed by atoms with Crippen LogP contribution in [-0.2, 0) is 6.54 Å². The summed E-state index contributed by atoms with van der Waals surface area (Å²) in [6.07, 6.45) is 7.13. The highest BCUT2D eigenvalue weighted by molar-refractivity contribution is 6.33. The third-order valence-corrected chi connectivity index (χ3v) is 4.04. The van der Waals surface area contributed by atoms with E-state index < -0.39 is 0 Å². The number of nitrogens with zero attached hydrogens (tertiary/aromatic N) is 1. The Morgan fingerprint density at radius 2 is 2.05 bits per heavy atom. The van der Waals surface area contributed by atoms with Gasteiger partial charge in [-0.25, -0.2) is 4.98 Å². The quantitative estimate of drug-likeness (QED) is 0.892. The van der Waals surface area contributed by atoms with E-state index in [4.69, 9.17) is 11.6 Å². The van der Waals surface area contributed by atoms with Crippen LogP contribution >= 0.6 is 11.6 Å². The maximum Gasteiger partial charge on any atom is 0.120 e. The van der Waals surface area contributed by atoms with Crippen molar-refractivity contribution in [3.8, 4) is 11.3 Å². The van der Waals surface area contributed by atoms with Crippen LogP contribution in [0.15, 0.2) is 30.5 Å². The lowest BCUT2D eigenvalue weighted by Gasteiger charge is -2.09. The minimum atomic E-state index is 0.661. The molecular formula is C15H18ClN3. The Labute approximate surface area is 118 Å². The molecule has 19 heavy (non-hydrogen) atoms. The van der Waals surface area contributed by atoms with Crippen LogP contribution < -0.4 is 5.32 Å². The summed E-state index contributed by atoms with van der Waals surface area (Å²) < 4.78 is 0. The molecule has 1 fully saturated rings. The fraction of sp³-hybridized carbons (Fsp3) is 0.400. The van der Waals surface area contributed by atoms with Crippen molar-refractivity contribution in [2.24, 2.45) is 0 Å². The first-order chi connectivity index (χ1) is 9.33. The molecule has 0 saturated heterocycles. The van der Waals surface area contributed by atoms with Crippen LogP contribution in [0.25, 0.3) is 11.3 Å². The molecule has 1 saturated carbocycles. The SMILES string of the molecule is Clc1ccccc1-c1cnc(CNC2CCCC2)[nH]1. The van der Waals surface area contributed by atoms with E-state index in [9.17, 15) is 0 Å². The van der Waals surface area contributed by atoms with Crippen molar-refractivity contribution in [3.63, 3.8) is 0 Å². The second-order valence-electron chi connectivity index (χ2n) is 5.09. The first-order valence-electron chi connectivity index (χ1n) is 6.85. The fourth-order valence-electron chi connectivity index (χ4n) is 2.64. The van der Waals surface area contributed by atoms with Gasteiger partial charge in [0.2, 0.25) is 0 Å². The van der Waals surface area contributed by atoms with Gasteiger partial charge in [-0.1, -0.05) is 42.6 Å². The Bertz CT molecular complexity index is 544. The lowest BCUT2D eigenvalue weighted by molar-refractivity contribution is 0.515. The highest BCUT2D eigenvalue weighted by Gasteiger charge is 2.14. The fourth-order valence-corrected chi connectivity index (χ4v) is 2.88. The normalized spacial score (nSPS) is 16.1. The minimum absolute atomic E-state index is 0.661. The molecular weight excluding hydrogens is 258 g/mol. The molecule has 1 aliphatic carbocycles. The monoisotopic (exact) mass is 275 g/mol. The predicted molar refractivity (Wildman–Crippen MR) is 78.1 cm³/mol. The average molecular weight is 276 g/mol. The van der Waals surface area contributed by atoms with Gasteiger partial charge >= 0.3 is 0 Å². The number of imidazole rings is 1. The van der Waals surface area contributed by atoms with Crippen molar-refractivity contribution in [1.82, 2.24) is 15.3 Å². The zero-order valence-corrected chi connectivity index (χ0v) is 11.6. The van der Waals surface area contributed by atoms with Crippen LogP contribution in [0, 0.1) is 0 Å². The summed E-state index contributed by atoms with van der Waals surface area (Å²) in [5.41, 5.74) is 1.98. The third-order valence-electron chi connectivity index (χ3n) is 3.71. The zero-order chi connectivity index (χ0) is 13.1. The Morgan fingerprint density at radius 3 is 2.84 bits per heavy atom. The number of benzene rings is 1.